The molecule has 0 aromatic carbocycles. The molecule has 110 valence electrons. The van der Waals surface area contributed by atoms with Crippen LogP contribution in [0.4, 0.5) is 0 Å². The van der Waals surface area contributed by atoms with Gasteiger partial charge in [0.05, 0.1) is 17.5 Å². The number of hydrogen-bond donors (Lipinski definition) is 0. The molecule has 0 bridgehead atoms. The fourth-order valence-electron chi connectivity index (χ4n) is 2.22. The second kappa shape index (κ2) is 5.85. The van der Waals surface area contributed by atoms with Gasteiger partial charge in [-0.25, -0.2) is 9.67 Å². The van der Waals surface area contributed by atoms with Gasteiger partial charge in [-0.15, -0.1) is 16.9 Å². The van der Waals surface area contributed by atoms with E-state index in [9.17, 15) is 0 Å². The fraction of sp³-hybridized carbons (Fsp3) is 0.429. The number of aryl methyl sites for hydroxylation is 1. The average molecular weight is 302 g/mol. The number of rotatable bonds is 5. The molecule has 6 nitrogen and oxygen atoms in total. The lowest BCUT2D eigenvalue weighted by atomic mass is 10.4. The molecule has 0 aliphatic carbocycles. The molecule has 0 fully saturated rings. The van der Waals surface area contributed by atoms with E-state index in [1.54, 1.807) is 11.8 Å². The predicted molar refractivity (Wildman–Crippen MR) is 83.1 cm³/mol. The first-order valence-corrected chi connectivity index (χ1v) is 8.08. The smallest absolute Gasteiger partial charge is 0.161 e. The maximum Gasteiger partial charge on any atom is 0.161 e. The molecule has 3 heterocycles. The van der Waals surface area contributed by atoms with Crippen LogP contribution in [-0.4, -0.2) is 29.6 Å². The zero-order valence-corrected chi connectivity index (χ0v) is 13.2. The molecule has 3 aromatic heterocycles. The van der Waals surface area contributed by atoms with E-state index < -0.39 is 0 Å². The molecule has 0 amide bonds. The van der Waals surface area contributed by atoms with E-state index in [0.717, 1.165) is 28.7 Å². The first-order valence-electron chi connectivity index (χ1n) is 6.93. The van der Waals surface area contributed by atoms with Crippen LogP contribution in [0.25, 0.3) is 5.65 Å². The van der Waals surface area contributed by atoms with Gasteiger partial charge >= 0.3 is 0 Å². The van der Waals surface area contributed by atoms with Gasteiger partial charge in [0.2, 0.25) is 0 Å². The van der Waals surface area contributed by atoms with Crippen molar-refractivity contribution in [3.63, 3.8) is 0 Å². The van der Waals surface area contributed by atoms with Crippen molar-refractivity contribution >= 4 is 17.4 Å². The lowest BCUT2D eigenvalue weighted by Crippen LogP contribution is -2.07. The van der Waals surface area contributed by atoms with Gasteiger partial charge in [-0.2, -0.15) is 0 Å². The highest BCUT2D eigenvalue weighted by Crippen LogP contribution is 2.18. The van der Waals surface area contributed by atoms with E-state index >= 15 is 0 Å². The molecule has 0 atom stereocenters. The van der Waals surface area contributed by atoms with Crippen LogP contribution >= 0.6 is 11.8 Å². The normalized spacial score (nSPS) is 11.6. The van der Waals surface area contributed by atoms with Crippen molar-refractivity contribution in [3.05, 3.63) is 41.6 Å². The molecule has 0 aliphatic heterocycles. The number of fused-ring (bicyclic) bond motifs is 1. The topological polar surface area (TPSA) is 60.9 Å². The zero-order valence-electron chi connectivity index (χ0n) is 12.4. The van der Waals surface area contributed by atoms with Crippen LogP contribution in [0.2, 0.25) is 0 Å². The summed E-state index contributed by atoms with van der Waals surface area (Å²) in [7, 11) is 0. The molecule has 0 unspecified atom stereocenters. The van der Waals surface area contributed by atoms with E-state index in [1.165, 1.54) is 5.69 Å². The van der Waals surface area contributed by atoms with Crippen molar-refractivity contribution in [1.82, 2.24) is 29.6 Å². The van der Waals surface area contributed by atoms with E-state index in [-0.39, 0.29) is 6.04 Å². The Bertz CT molecular complexity index is 745. The molecule has 3 aromatic rings. The maximum absolute atomic E-state index is 4.63. The fourth-order valence-corrected chi connectivity index (χ4v) is 3.05. The first kappa shape index (κ1) is 14.1. The number of pyridine rings is 1. The summed E-state index contributed by atoms with van der Waals surface area (Å²) in [4.78, 5) is 4.63. The summed E-state index contributed by atoms with van der Waals surface area (Å²) in [6.07, 6.45) is 2.10. The quantitative estimate of drug-likeness (QED) is 0.725. The Morgan fingerprint density at radius 1 is 1.24 bits per heavy atom. The largest absolute Gasteiger partial charge is 0.304 e. The minimum absolute atomic E-state index is 0.286. The van der Waals surface area contributed by atoms with Crippen molar-refractivity contribution in [2.24, 2.45) is 0 Å². The molecule has 7 heteroatoms. The standard InChI is InChI=1S/C14H18N6S/c1-10(2)20-14(16-17-18-20)9-21-8-12-7-19-11(3)5-4-6-13(19)15-12/h4-7,10H,8-9H2,1-3H3. The van der Waals surface area contributed by atoms with Gasteiger partial charge in [-0.1, -0.05) is 6.07 Å². The number of hydrogen-bond acceptors (Lipinski definition) is 5. The molecule has 0 spiro atoms. The van der Waals surface area contributed by atoms with Crippen LogP contribution < -0.4 is 0 Å². The van der Waals surface area contributed by atoms with Crippen LogP contribution in [0.5, 0.6) is 0 Å². The minimum Gasteiger partial charge on any atom is -0.304 e. The summed E-state index contributed by atoms with van der Waals surface area (Å²) in [5.41, 5.74) is 3.27. The van der Waals surface area contributed by atoms with Gasteiger partial charge in [0, 0.05) is 17.6 Å². The molecular weight excluding hydrogens is 284 g/mol. The third-order valence-electron chi connectivity index (χ3n) is 3.28. The summed E-state index contributed by atoms with van der Waals surface area (Å²) in [6, 6.07) is 6.43. The maximum atomic E-state index is 4.63. The van der Waals surface area contributed by atoms with Crippen molar-refractivity contribution in [2.45, 2.75) is 38.3 Å². The van der Waals surface area contributed by atoms with E-state index in [2.05, 4.69) is 57.9 Å². The van der Waals surface area contributed by atoms with Crippen molar-refractivity contribution in [2.75, 3.05) is 0 Å². The molecular formula is C14H18N6S. The molecule has 0 saturated carbocycles. The third kappa shape index (κ3) is 2.92. The molecule has 3 rings (SSSR count). The molecule has 0 saturated heterocycles. The molecule has 0 radical (unpaired) electrons. The number of tetrazole rings is 1. The number of aromatic nitrogens is 6. The lowest BCUT2D eigenvalue weighted by molar-refractivity contribution is 0.501. The Hall–Kier alpha value is -1.89. The van der Waals surface area contributed by atoms with Crippen LogP contribution in [0.3, 0.4) is 0 Å². The van der Waals surface area contributed by atoms with Gasteiger partial charge in [0.25, 0.3) is 0 Å². The van der Waals surface area contributed by atoms with Crippen LogP contribution in [0.1, 0.15) is 37.1 Å². The van der Waals surface area contributed by atoms with E-state index in [1.807, 2.05) is 16.8 Å². The predicted octanol–water partition coefficient (Wildman–Crippen LogP) is 2.64. The monoisotopic (exact) mass is 302 g/mol. The molecule has 21 heavy (non-hydrogen) atoms. The zero-order chi connectivity index (χ0) is 14.8. The Labute approximate surface area is 127 Å². The van der Waals surface area contributed by atoms with Crippen LogP contribution in [-0.2, 0) is 11.5 Å². The number of imidazole rings is 1. The third-order valence-corrected chi connectivity index (χ3v) is 4.24. The first-order chi connectivity index (χ1) is 10.1. The van der Waals surface area contributed by atoms with Gasteiger partial charge in [0.1, 0.15) is 5.65 Å². The molecule has 0 aliphatic rings. The van der Waals surface area contributed by atoms with Gasteiger partial charge < -0.3 is 4.40 Å². The van der Waals surface area contributed by atoms with Crippen LogP contribution in [0.15, 0.2) is 24.4 Å². The summed E-state index contributed by atoms with van der Waals surface area (Å²) in [5.74, 6) is 2.55. The Morgan fingerprint density at radius 2 is 2.10 bits per heavy atom. The van der Waals surface area contributed by atoms with Crippen molar-refractivity contribution < 1.29 is 0 Å². The Morgan fingerprint density at radius 3 is 2.86 bits per heavy atom. The minimum atomic E-state index is 0.286. The van der Waals surface area contributed by atoms with Gasteiger partial charge in [-0.3, -0.25) is 0 Å². The van der Waals surface area contributed by atoms with Crippen LogP contribution in [0, 0.1) is 6.92 Å². The average Bonchev–Trinajstić information content (AvgIpc) is 3.06. The highest BCUT2D eigenvalue weighted by molar-refractivity contribution is 7.97. The molecule has 0 N–H and O–H groups in total. The summed E-state index contributed by atoms with van der Waals surface area (Å²) in [5, 5.41) is 11.8. The second-order valence-corrected chi connectivity index (χ2v) is 6.24. The summed E-state index contributed by atoms with van der Waals surface area (Å²) >= 11 is 1.78. The SMILES string of the molecule is Cc1cccc2nc(CSCc3nnnn3C(C)C)cn12. The Balaban J connectivity index is 1.67. The van der Waals surface area contributed by atoms with Crippen molar-refractivity contribution in [3.8, 4) is 0 Å². The van der Waals surface area contributed by atoms with Gasteiger partial charge in [0.15, 0.2) is 5.82 Å². The summed E-state index contributed by atoms with van der Waals surface area (Å²) < 4.78 is 3.98. The highest BCUT2D eigenvalue weighted by Gasteiger charge is 2.10. The number of nitrogens with zero attached hydrogens (tertiary/aromatic N) is 6. The highest BCUT2D eigenvalue weighted by atomic mass is 32.2. The second-order valence-electron chi connectivity index (χ2n) is 5.25. The Kier molecular flexibility index (Phi) is 3.92. The van der Waals surface area contributed by atoms with E-state index in [4.69, 9.17) is 0 Å². The number of thioether (sulfide) groups is 1. The van der Waals surface area contributed by atoms with E-state index in [0.29, 0.717) is 0 Å². The summed E-state index contributed by atoms with van der Waals surface area (Å²) in [6.45, 7) is 6.24. The van der Waals surface area contributed by atoms with Crippen molar-refractivity contribution in [1.29, 1.82) is 0 Å². The van der Waals surface area contributed by atoms with Gasteiger partial charge in [-0.05, 0) is 43.3 Å². The lowest BCUT2D eigenvalue weighted by Gasteiger charge is -2.06.